The summed E-state index contributed by atoms with van der Waals surface area (Å²) in [6.45, 7) is 6.15. The summed E-state index contributed by atoms with van der Waals surface area (Å²) in [5.41, 5.74) is 6.80. The number of fused-ring (bicyclic) bond motifs is 1. The maximum absolute atomic E-state index is 12.3. The fraction of sp³-hybridized carbons (Fsp3) is 0.462. The van der Waals surface area contributed by atoms with Gasteiger partial charge in [-0.25, -0.2) is 9.97 Å². The van der Waals surface area contributed by atoms with Crippen LogP contribution in [-0.2, 0) is 0 Å². The van der Waals surface area contributed by atoms with Crippen LogP contribution < -0.4 is 11.1 Å². The second-order valence-corrected chi connectivity index (χ2v) is 5.78. The molecule has 0 spiro atoms. The Morgan fingerprint density at radius 2 is 2.00 bits per heavy atom. The van der Waals surface area contributed by atoms with E-state index in [1.54, 1.807) is 12.4 Å². The van der Waals surface area contributed by atoms with Crippen molar-refractivity contribution >= 4 is 33.3 Å². The van der Waals surface area contributed by atoms with Crippen molar-refractivity contribution < 1.29 is 4.79 Å². The molecule has 2 rings (SSSR count). The summed E-state index contributed by atoms with van der Waals surface area (Å²) in [7, 11) is 0. The number of aromatic nitrogens is 2. The monoisotopic (exact) mass is 278 g/mol. The van der Waals surface area contributed by atoms with Gasteiger partial charge in [0.2, 0.25) is 0 Å². The molecule has 0 aliphatic rings. The van der Waals surface area contributed by atoms with Crippen molar-refractivity contribution in [3.63, 3.8) is 0 Å². The van der Waals surface area contributed by atoms with Crippen LogP contribution in [-0.4, -0.2) is 21.4 Å². The number of hydrogen-bond acceptors (Lipinski definition) is 5. The number of nitrogens with one attached hydrogen (secondary N) is 1. The number of carbonyl (C=O) groups excluding carboxylic acids is 1. The fourth-order valence-corrected chi connectivity index (χ4v) is 2.69. The SMILES string of the molecule is CCC(C)(CC)NC(=O)c1sc2nccnc2c1N. The number of thiophene rings is 1. The van der Waals surface area contributed by atoms with E-state index in [9.17, 15) is 4.79 Å². The van der Waals surface area contributed by atoms with Crippen molar-refractivity contribution in [3.05, 3.63) is 17.3 Å². The Kier molecular flexibility index (Phi) is 3.71. The number of nitrogen functional groups attached to an aromatic ring is 1. The highest BCUT2D eigenvalue weighted by Gasteiger charge is 2.25. The molecule has 19 heavy (non-hydrogen) atoms. The summed E-state index contributed by atoms with van der Waals surface area (Å²) in [6, 6.07) is 0. The zero-order valence-corrected chi connectivity index (χ0v) is 12.2. The van der Waals surface area contributed by atoms with Crippen molar-refractivity contribution in [2.75, 3.05) is 5.73 Å². The van der Waals surface area contributed by atoms with Crippen molar-refractivity contribution in [1.29, 1.82) is 0 Å². The Morgan fingerprint density at radius 3 is 2.58 bits per heavy atom. The maximum Gasteiger partial charge on any atom is 0.264 e. The van der Waals surface area contributed by atoms with Gasteiger partial charge in [-0.1, -0.05) is 13.8 Å². The molecule has 2 aromatic heterocycles. The van der Waals surface area contributed by atoms with Crippen LogP contribution in [0.2, 0.25) is 0 Å². The predicted molar refractivity (Wildman–Crippen MR) is 78.3 cm³/mol. The van der Waals surface area contributed by atoms with Gasteiger partial charge in [0.1, 0.15) is 15.2 Å². The van der Waals surface area contributed by atoms with Gasteiger partial charge in [-0.3, -0.25) is 4.79 Å². The molecule has 102 valence electrons. The van der Waals surface area contributed by atoms with Crippen molar-refractivity contribution in [3.8, 4) is 0 Å². The molecule has 0 bridgehead atoms. The topological polar surface area (TPSA) is 80.9 Å². The first-order valence-electron chi connectivity index (χ1n) is 6.32. The lowest BCUT2D eigenvalue weighted by atomic mass is 9.95. The molecule has 0 aliphatic heterocycles. The molecule has 0 radical (unpaired) electrons. The highest BCUT2D eigenvalue weighted by molar-refractivity contribution is 7.21. The van der Waals surface area contributed by atoms with Gasteiger partial charge in [0.05, 0.1) is 5.69 Å². The smallest absolute Gasteiger partial charge is 0.264 e. The van der Waals surface area contributed by atoms with E-state index in [4.69, 9.17) is 5.73 Å². The fourth-order valence-electron chi connectivity index (χ4n) is 1.77. The van der Waals surface area contributed by atoms with E-state index >= 15 is 0 Å². The molecule has 0 atom stereocenters. The lowest BCUT2D eigenvalue weighted by molar-refractivity contribution is 0.0906. The average Bonchev–Trinajstić information content (AvgIpc) is 2.76. The molecule has 0 unspecified atom stereocenters. The summed E-state index contributed by atoms with van der Waals surface area (Å²) in [4.78, 5) is 21.9. The minimum absolute atomic E-state index is 0.145. The van der Waals surface area contributed by atoms with Crippen molar-refractivity contribution in [2.24, 2.45) is 0 Å². The van der Waals surface area contributed by atoms with Gasteiger partial charge < -0.3 is 11.1 Å². The highest BCUT2D eigenvalue weighted by atomic mass is 32.1. The van der Waals surface area contributed by atoms with Gasteiger partial charge in [-0.2, -0.15) is 0 Å². The van der Waals surface area contributed by atoms with Crippen molar-refractivity contribution in [2.45, 2.75) is 39.2 Å². The second-order valence-electron chi connectivity index (χ2n) is 4.78. The molecule has 2 heterocycles. The summed E-state index contributed by atoms with van der Waals surface area (Å²) >= 11 is 1.28. The maximum atomic E-state index is 12.3. The first-order valence-corrected chi connectivity index (χ1v) is 7.14. The van der Waals surface area contributed by atoms with E-state index in [-0.39, 0.29) is 11.4 Å². The Bertz CT molecular complexity index is 604. The van der Waals surface area contributed by atoms with E-state index in [2.05, 4.69) is 29.1 Å². The molecule has 0 aliphatic carbocycles. The molecule has 2 aromatic rings. The molecule has 0 aromatic carbocycles. The number of nitrogens with zero attached hydrogens (tertiary/aromatic N) is 2. The minimum atomic E-state index is -0.208. The van der Waals surface area contributed by atoms with Gasteiger partial charge >= 0.3 is 0 Å². The van der Waals surface area contributed by atoms with Crippen LogP contribution in [0.15, 0.2) is 12.4 Å². The van der Waals surface area contributed by atoms with Gasteiger partial charge in [-0.05, 0) is 19.8 Å². The number of hydrogen-bond donors (Lipinski definition) is 2. The van der Waals surface area contributed by atoms with Crippen molar-refractivity contribution in [1.82, 2.24) is 15.3 Å². The summed E-state index contributed by atoms with van der Waals surface area (Å²) < 4.78 is 0. The van der Waals surface area contributed by atoms with Gasteiger partial charge in [0.25, 0.3) is 5.91 Å². The molecule has 0 saturated carbocycles. The van der Waals surface area contributed by atoms with Crippen LogP contribution in [0, 0.1) is 0 Å². The molecule has 5 nitrogen and oxygen atoms in total. The lowest BCUT2D eigenvalue weighted by Gasteiger charge is -2.27. The summed E-state index contributed by atoms with van der Waals surface area (Å²) in [6.07, 6.45) is 4.92. The van der Waals surface area contributed by atoms with E-state index < -0.39 is 0 Å². The molecule has 6 heteroatoms. The van der Waals surface area contributed by atoms with Gasteiger partial charge in [0, 0.05) is 17.9 Å². The number of nitrogens with two attached hydrogens (primary N) is 1. The number of carbonyl (C=O) groups is 1. The van der Waals surface area contributed by atoms with Crippen LogP contribution in [0.25, 0.3) is 10.3 Å². The average molecular weight is 278 g/mol. The first-order chi connectivity index (χ1) is 9.00. The number of rotatable bonds is 4. The predicted octanol–water partition coefficient (Wildman–Crippen LogP) is 2.58. The molecule has 0 fully saturated rings. The Hall–Kier alpha value is -1.69. The second kappa shape index (κ2) is 5.13. The van der Waals surface area contributed by atoms with E-state index in [1.165, 1.54) is 11.3 Å². The normalized spacial score (nSPS) is 11.7. The number of amides is 1. The molecular formula is C13H18N4OS. The van der Waals surface area contributed by atoms with Crippen LogP contribution in [0.4, 0.5) is 5.69 Å². The third-order valence-electron chi connectivity index (χ3n) is 3.55. The van der Waals surface area contributed by atoms with E-state index in [0.29, 0.717) is 20.9 Å². The summed E-state index contributed by atoms with van der Waals surface area (Å²) in [5, 5.41) is 3.05. The third-order valence-corrected chi connectivity index (χ3v) is 4.65. The zero-order chi connectivity index (χ0) is 14.0. The third kappa shape index (κ3) is 2.53. The highest BCUT2D eigenvalue weighted by Crippen LogP contribution is 2.30. The van der Waals surface area contributed by atoms with Crippen LogP contribution >= 0.6 is 11.3 Å². The zero-order valence-electron chi connectivity index (χ0n) is 11.4. The molecule has 1 amide bonds. The van der Waals surface area contributed by atoms with Gasteiger partial charge in [0.15, 0.2) is 0 Å². The van der Waals surface area contributed by atoms with E-state index in [1.807, 2.05) is 6.92 Å². The molecule has 3 N–H and O–H groups in total. The van der Waals surface area contributed by atoms with E-state index in [0.717, 1.165) is 12.8 Å². The van der Waals surface area contributed by atoms with Crippen LogP contribution in [0.1, 0.15) is 43.3 Å². The summed E-state index contributed by atoms with van der Waals surface area (Å²) in [5.74, 6) is -0.145. The number of anilines is 1. The lowest BCUT2D eigenvalue weighted by Crippen LogP contribution is -2.44. The first kappa shape index (κ1) is 13.7. The Morgan fingerprint density at radius 1 is 1.37 bits per heavy atom. The van der Waals surface area contributed by atoms with Gasteiger partial charge in [-0.15, -0.1) is 11.3 Å². The molecule has 0 saturated heterocycles. The standard InChI is InChI=1S/C13H18N4OS/c1-4-13(3,5-2)17-11(18)10-8(14)9-12(19-10)16-7-6-15-9/h6-7H,4-5,14H2,1-3H3,(H,17,18). The molecular weight excluding hydrogens is 260 g/mol. The quantitative estimate of drug-likeness (QED) is 0.900. The van der Waals surface area contributed by atoms with Crippen LogP contribution in [0.5, 0.6) is 0 Å². The minimum Gasteiger partial charge on any atom is -0.396 e. The Balaban J connectivity index is 2.34. The van der Waals surface area contributed by atoms with Crippen LogP contribution in [0.3, 0.4) is 0 Å². The Labute approximate surface area is 116 Å². The largest absolute Gasteiger partial charge is 0.396 e.